The molecule has 1 amide bonds. The van der Waals surface area contributed by atoms with E-state index in [4.69, 9.17) is 0 Å². The molecule has 0 saturated heterocycles. The molecule has 1 N–H and O–H groups in total. The average molecular weight is 534 g/mol. The van der Waals surface area contributed by atoms with Crippen LogP contribution in [-0.4, -0.2) is 41.3 Å². The highest BCUT2D eigenvalue weighted by Crippen LogP contribution is 2.42. The average Bonchev–Trinajstić information content (AvgIpc) is 3.32. The predicted molar refractivity (Wildman–Crippen MR) is 149 cm³/mol. The molecule has 0 fully saturated rings. The first kappa shape index (κ1) is 27.0. The molecule has 1 aliphatic rings. The second-order valence-corrected chi connectivity index (χ2v) is 10.6. The molecule has 3 aromatic carbocycles. The largest absolute Gasteiger partial charge is 0.416 e. The van der Waals surface area contributed by atoms with Crippen molar-refractivity contribution in [3.8, 4) is 0 Å². The van der Waals surface area contributed by atoms with Crippen LogP contribution in [-0.2, 0) is 18.1 Å². The molecule has 7 heteroatoms. The van der Waals surface area contributed by atoms with E-state index in [2.05, 4.69) is 61.2 Å². The molecular formula is C32H34F3N3O. The van der Waals surface area contributed by atoms with Crippen LogP contribution in [0.15, 0.2) is 78.9 Å². The lowest BCUT2D eigenvalue weighted by Crippen LogP contribution is -2.44. The standard InChI is InChI=1S/C32H34F3N3O/c1-4-31(37(2)3,23-10-6-5-7-11-23)20-18-28-29-26(25-12-8-9-13-27(25)36-29)19-21-38(28)30(39)22-14-16-24(17-15-22)32(33,34)35/h5-17,28,36H,4,18-21H2,1-3H3. The number of carbonyl (C=O) groups is 1. The normalized spacial score (nSPS) is 17.3. The lowest BCUT2D eigenvalue weighted by molar-refractivity contribution is -0.137. The number of fused-ring (bicyclic) bond motifs is 3. The summed E-state index contributed by atoms with van der Waals surface area (Å²) in [4.78, 5) is 21.5. The zero-order chi connectivity index (χ0) is 27.8. The van der Waals surface area contributed by atoms with E-state index in [0.29, 0.717) is 19.4 Å². The predicted octanol–water partition coefficient (Wildman–Crippen LogP) is 7.57. The summed E-state index contributed by atoms with van der Waals surface area (Å²) in [5.41, 5.74) is 3.80. The van der Waals surface area contributed by atoms with E-state index in [-0.39, 0.29) is 23.1 Å². The number of hydrogen-bond acceptors (Lipinski definition) is 2. The molecule has 0 aliphatic carbocycles. The molecule has 1 aromatic heterocycles. The molecule has 0 bridgehead atoms. The second-order valence-electron chi connectivity index (χ2n) is 10.6. The van der Waals surface area contributed by atoms with E-state index in [0.717, 1.165) is 41.6 Å². The molecule has 2 unspecified atom stereocenters. The zero-order valence-electron chi connectivity index (χ0n) is 22.6. The molecule has 204 valence electrons. The van der Waals surface area contributed by atoms with Gasteiger partial charge in [-0.15, -0.1) is 0 Å². The monoisotopic (exact) mass is 533 g/mol. The quantitative estimate of drug-likeness (QED) is 0.266. The number of aromatic amines is 1. The van der Waals surface area contributed by atoms with Gasteiger partial charge in [0.15, 0.2) is 0 Å². The maximum Gasteiger partial charge on any atom is 0.416 e. The minimum Gasteiger partial charge on any atom is -0.356 e. The molecule has 2 heterocycles. The van der Waals surface area contributed by atoms with Crippen LogP contribution >= 0.6 is 0 Å². The van der Waals surface area contributed by atoms with Gasteiger partial charge in [-0.1, -0.05) is 55.5 Å². The Morgan fingerprint density at radius 3 is 2.26 bits per heavy atom. The Bertz CT molecular complexity index is 1440. The highest BCUT2D eigenvalue weighted by molar-refractivity contribution is 5.95. The fraction of sp³-hybridized carbons (Fsp3) is 0.344. The fourth-order valence-corrected chi connectivity index (χ4v) is 6.28. The number of alkyl halides is 3. The van der Waals surface area contributed by atoms with Crippen molar-refractivity contribution in [1.82, 2.24) is 14.8 Å². The molecule has 0 radical (unpaired) electrons. The van der Waals surface area contributed by atoms with Gasteiger partial charge in [-0.3, -0.25) is 9.69 Å². The Morgan fingerprint density at radius 2 is 1.62 bits per heavy atom. The molecule has 4 nitrogen and oxygen atoms in total. The van der Waals surface area contributed by atoms with Crippen LogP contribution in [0, 0.1) is 0 Å². The highest BCUT2D eigenvalue weighted by atomic mass is 19.4. The van der Waals surface area contributed by atoms with Crippen molar-refractivity contribution in [2.24, 2.45) is 0 Å². The number of amides is 1. The van der Waals surface area contributed by atoms with Gasteiger partial charge in [-0.05, 0) is 81.2 Å². The summed E-state index contributed by atoms with van der Waals surface area (Å²) in [7, 11) is 4.19. The van der Waals surface area contributed by atoms with E-state index in [1.165, 1.54) is 23.3 Å². The maximum absolute atomic E-state index is 13.8. The van der Waals surface area contributed by atoms with Crippen LogP contribution in [0.4, 0.5) is 13.2 Å². The number of nitrogens with zero attached hydrogens (tertiary/aromatic N) is 2. The lowest BCUT2D eigenvalue weighted by atomic mass is 9.79. The van der Waals surface area contributed by atoms with Crippen LogP contribution in [0.5, 0.6) is 0 Å². The van der Waals surface area contributed by atoms with Crippen molar-refractivity contribution < 1.29 is 18.0 Å². The lowest BCUT2D eigenvalue weighted by Gasteiger charge is -2.43. The van der Waals surface area contributed by atoms with Crippen LogP contribution in [0.2, 0.25) is 0 Å². The number of rotatable bonds is 7. The minimum absolute atomic E-state index is 0.228. The Kier molecular flexibility index (Phi) is 7.29. The Labute approximate surface area is 227 Å². The Balaban J connectivity index is 1.53. The smallest absolute Gasteiger partial charge is 0.356 e. The third kappa shape index (κ3) is 4.96. The van der Waals surface area contributed by atoms with Gasteiger partial charge in [0.05, 0.1) is 11.6 Å². The molecule has 5 rings (SSSR count). The van der Waals surface area contributed by atoms with E-state index in [1.54, 1.807) is 0 Å². The number of carbonyl (C=O) groups excluding carboxylic acids is 1. The number of aromatic nitrogens is 1. The number of nitrogens with one attached hydrogen (secondary N) is 1. The van der Waals surface area contributed by atoms with E-state index >= 15 is 0 Å². The highest BCUT2D eigenvalue weighted by Gasteiger charge is 2.39. The van der Waals surface area contributed by atoms with E-state index < -0.39 is 11.7 Å². The van der Waals surface area contributed by atoms with Crippen molar-refractivity contribution in [2.45, 2.75) is 50.4 Å². The van der Waals surface area contributed by atoms with Gasteiger partial charge in [0.25, 0.3) is 5.91 Å². The topological polar surface area (TPSA) is 39.3 Å². The Hall–Kier alpha value is -3.58. The molecule has 2 atom stereocenters. The maximum atomic E-state index is 13.8. The van der Waals surface area contributed by atoms with Crippen LogP contribution < -0.4 is 0 Å². The second kappa shape index (κ2) is 10.5. The summed E-state index contributed by atoms with van der Waals surface area (Å²) in [6.45, 7) is 2.69. The third-order valence-electron chi connectivity index (χ3n) is 8.46. The van der Waals surface area contributed by atoms with Gasteiger partial charge in [0, 0.05) is 34.2 Å². The van der Waals surface area contributed by atoms with E-state index in [9.17, 15) is 18.0 Å². The first-order chi connectivity index (χ1) is 18.7. The zero-order valence-corrected chi connectivity index (χ0v) is 22.6. The van der Waals surface area contributed by atoms with Crippen LogP contribution in [0.25, 0.3) is 10.9 Å². The minimum atomic E-state index is -4.44. The fourth-order valence-electron chi connectivity index (χ4n) is 6.28. The summed E-state index contributed by atoms with van der Waals surface area (Å²) in [5.74, 6) is -0.246. The summed E-state index contributed by atoms with van der Waals surface area (Å²) in [6.07, 6.45) is -1.36. The first-order valence-electron chi connectivity index (χ1n) is 13.5. The van der Waals surface area contributed by atoms with Crippen molar-refractivity contribution in [2.75, 3.05) is 20.6 Å². The molecule has 1 aliphatic heterocycles. The number of H-pyrrole nitrogens is 1. The molecule has 4 aromatic rings. The number of halogens is 3. The Morgan fingerprint density at radius 1 is 0.949 bits per heavy atom. The van der Waals surface area contributed by atoms with Gasteiger partial charge in [-0.2, -0.15) is 13.2 Å². The first-order valence-corrected chi connectivity index (χ1v) is 13.5. The molecule has 0 saturated carbocycles. The number of hydrogen-bond donors (Lipinski definition) is 1. The summed E-state index contributed by atoms with van der Waals surface area (Å²) < 4.78 is 39.5. The van der Waals surface area contributed by atoms with Crippen molar-refractivity contribution in [1.29, 1.82) is 0 Å². The van der Waals surface area contributed by atoms with Gasteiger partial charge < -0.3 is 9.88 Å². The number of benzene rings is 3. The summed E-state index contributed by atoms with van der Waals surface area (Å²) in [5, 5.41) is 1.16. The SMILES string of the molecule is CCC(CCC1c2[nH]c3ccccc3c2CCN1C(=O)c1ccc(C(F)(F)F)cc1)(c1ccccc1)N(C)C. The van der Waals surface area contributed by atoms with E-state index in [1.807, 2.05) is 29.2 Å². The molecule has 39 heavy (non-hydrogen) atoms. The van der Waals surface area contributed by atoms with Crippen LogP contribution in [0.1, 0.15) is 65.0 Å². The third-order valence-corrected chi connectivity index (χ3v) is 8.46. The van der Waals surface area contributed by atoms with Crippen LogP contribution in [0.3, 0.4) is 0 Å². The van der Waals surface area contributed by atoms with Crippen molar-refractivity contribution in [3.05, 3.63) is 107 Å². The van der Waals surface area contributed by atoms with Gasteiger partial charge >= 0.3 is 6.18 Å². The van der Waals surface area contributed by atoms with Crippen molar-refractivity contribution in [3.63, 3.8) is 0 Å². The number of para-hydroxylation sites is 1. The van der Waals surface area contributed by atoms with Gasteiger partial charge in [0.1, 0.15) is 0 Å². The molecular weight excluding hydrogens is 499 g/mol. The summed E-state index contributed by atoms with van der Waals surface area (Å²) in [6, 6.07) is 23.0. The summed E-state index contributed by atoms with van der Waals surface area (Å²) >= 11 is 0. The van der Waals surface area contributed by atoms with Gasteiger partial charge in [-0.25, -0.2) is 0 Å². The van der Waals surface area contributed by atoms with Crippen molar-refractivity contribution >= 4 is 16.8 Å². The van der Waals surface area contributed by atoms with Gasteiger partial charge in [0.2, 0.25) is 0 Å². The molecule has 0 spiro atoms.